The molecule has 1 unspecified atom stereocenters. The molecule has 6 heavy (non-hydrogen) atoms. The molecule has 0 aromatic carbocycles. The summed E-state index contributed by atoms with van der Waals surface area (Å²) in [5.74, 6) is 3.28. The van der Waals surface area contributed by atoms with Gasteiger partial charge in [-0.15, -0.1) is 23.9 Å². The van der Waals surface area contributed by atoms with E-state index in [1.54, 1.807) is 0 Å². The minimum atomic E-state index is 0.228. The highest BCUT2D eigenvalue weighted by molar-refractivity contribution is 6.18. The predicted octanol–water partition coefficient (Wildman–Crippen LogP) is 1.49. The average molecular weight is 103 g/mol. The van der Waals surface area contributed by atoms with Gasteiger partial charge in [-0.05, 0) is 0 Å². The van der Waals surface area contributed by atoms with Crippen molar-refractivity contribution in [2.75, 3.05) is 5.88 Å². The van der Waals surface area contributed by atoms with Gasteiger partial charge in [0.15, 0.2) is 0 Å². The van der Waals surface area contributed by atoms with E-state index in [1.807, 2.05) is 6.92 Å². The molecule has 0 aliphatic carbocycles. The third kappa shape index (κ3) is 2.11. The van der Waals surface area contributed by atoms with Crippen molar-refractivity contribution in [2.45, 2.75) is 6.92 Å². The zero-order valence-corrected chi connectivity index (χ0v) is 4.50. The van der Waals surface area contributed by atoms with Crippen LogP contribution in [0.15, 0.2) is 0 Å². The lowest BCUT2D eigenvalue weighted by Gasteiger charge is -1.88. The minimum absolute atomic E-state index is 0.228. The number of halogens is 1. The molecule has 0 aromatic rings. The van der Waals surface area contributed by atoms with Crippen molar-refractivity contribution in [2.24, 2.45) is 5.92 Å². The second kappa shape index (κ2) is 3.06. The zero-order chi connectivity index (χ0) is 4.99. The summed E-state index contributed by atoms with van der Waals surface area (Å²) in [5, 5.41) is 0. The summed E-state index contributed by atoms with van der Waals surface area (Å²) in [6.07, 6.45) is 4.95. The van der Waals surface area contributed by atoms with E-state index >= 15 is 0 Å². The molecule has 0 aromatic heterocycles. The summed E-state index contributed by atoms with van der Waals surface area (Å²) in [6, 6.07) is 0. The van der Waals surface area contributed by atoms with Gasteiger partial charge in [-0.2, -0.15) is 0 Å². The van der Waals surface area contributed by atoms with Gasteiger partial charge in [0.05, 0.1) is 0 Å². The van der Waals surface area contributed by atoms with Gasteiger partial charge in [-0.25, -0.2) is 0 Å². The fourth-order valence-electron chi connectivity index (χ4n) is 0.0445. The van der Waals surface area contributed by atoms with Crippen LogP contribution in [0.1, 0.15) is 6.92 Å². The average Bonchev–Trinajstić information content (AvgIpc) is 1.65. The highest BCUT2D eigenvalue weighted by atomic mass is 35.5. The lowest BCUT2D eigenvalue weighted by Crippen LogP contribution is -1.87. The van der Waals surface area contributed by atoms with E-state index in [2.05, 4.69) is 5.92 Å². The second-order valence-corrected chi connectivity index (χ2v) is 1.53. The van der Waals surface area contributed by atoms with E-state index in [1.165, 1.54) is 0 Å². The molecule has 0 rings (SSSR count). The third-order valence-corrected chi connectivity index (χ3v) is 0.979. The second-order valence-electron chi connectivity index (χ2n) is 1.22. The molecule has 0 N–H and O–H groups in total. The minimum Gasteiger partial charge on any atom is -0.125 e. The largest absolute Gasteiger partial charge is 0.125 e. The van der Waals surface area contributed by atoms with E-state index in [0.717, 1.165) is 0 Å². The molecule has 1 heteroatoms. The Hall–Kier alpha value is -0.150. The molecule has 0 aliphatic rings. The van der Waals surface area contributed by atoms with Gasteiger partial charge in [0.25, 0.3) is 0 Å². The number of alkyl halides is 1. The molecule has 0 nitrogen and oxygen atoms in total. The third-order valence-electron chi connectivity index (χ3n) is 0.516. The number of hydrogen-bond donors (Lipinski definition) is 0. The van der Waals surface area contributed by atoms with Crippen LogP contribution in [0, 0.1) is 18.3 Å². The van der Waals surface area contributed by atoms with Gasteiger partial charge < -0.3 is 0 Å². The molecule has 0 fully saturated rings. The fraction of sp³-hybridized carbons (Fsp3) is 0.600. The topological polar surface area (TPSA) is 0 Å². The molecule has 0 amide bonds. The van der Waals surface area contributed by atoms with Crippen molar-refractivity contribution in [1.82, 2.24) is 0 Å². The summed E-state index contributed by atoms with van der Waals surface area (Å²) in [7, 11) is 0. The van der Waals surface area contributed by atoms with Gasteiger partial charge in [-0.1, -0.05) is 6.92 Å². The Morgan fingerprint density at radius 1 is 2.00 bits per heavy atom. The van der Waals surface area contributed by atoms with Crippen molar-refractivity contribution >= 4 is 11.6 Å². The maximum Gasteiger partial charge on any atom is 0.0358 e. The van der Waals surface area contributed by atoms with E-state index in [9.17, 15) is 0 Å². The first kappa shape index (κ1) is 5.85. The van der Waals surface area contributed by atoms with Crippen LogP contribution in [-0.4, -0.2) is 5.88 Å². The van der Waals surface area contributed by atoms with Crippen molar-refractivity contribution in [1.29, 1.82) is 0 Å². The van der Waals surface area contributed by atoms with Gasteiger partial charge >= 0.3 is 0 Å². The lowest BCUT2D eigenvalue weighted by atomic mass is 10.2. The molecule has 0 heterocycles. The molecule has 0 bridgehead atoms. The summed E-state index contributed by atoms with van der Waals surface area (Å²) < 4.78 is 0. The van der Waals surface area contributed by atoms with Crippen LogP contribution in [0.4, 0.5) is 0 Å². The Bertz CT molecular complexity index is 60.8. The molecule has 0 radical (unpaired) electrons. The van der Waals surface area contributed by atoms with Crippen molar-refractivity contribution in [3.8, 4) is 12.3 Å². The van der Waals surface area contributed by atoms with E-state index < -0.39 is 0 Å². The van der Waals surface area contributed by atoms with Crippen molar-refractivity contribution in [3.63, 3.8) is 0 Å². The number of rotatable bonds is 1. The molecule has 0 saturated heterocycles. The molecular formula is C5H7Cl. The maximum absolute atomic E-state index is 5.31. The smallest absolute Gasteiger partial charge is 0.0358 e. The molecule has 0 spiro atoms. The normalized spacial score (nSPS) is 12.8. The van der Waals surface area contributed by atoms with Crippen LogP contribution in [0.2, 0.25) is 0 Å². The summed E-state index contributed by atoms with van der Waals surface area (Å²) in [6.45, 7) is 1.91. The van der Waals surface area contributed by atoms with E-state index in [0.29, 0.717) is 5.88 Å². The highest BCUT2D eigenvalue weighted by Gasteiger charge is 1.87. The Morgan fingerprint density at radius 2 is 2.50 bits per heavy atom. The van der Waals surface area contributed by atoms with Crippen molar-refractivity contribution < 1.29 is 0 Å². The van der Waals surface area contributed by atoms with Crippen LogP contribution in [-0.2, 0) is 0 Å². The standard InChI is InChI=1S/C5H7Cl/c1-3-5(2)4-6/h1,5H,4H2,2H3. The zero-order valence-electron chi connectivity index (χ0n) is 3.74. The Morgan fingerprint density at radius 3 is 2.50 bits per heavy atom. The fourth-order valence-corrected chi connectivity index (χ4v) is 0.134. The molecule has 1 atom stereocenters. The van der Waals surface area contributed by atoms with Gasteiger partial charge in [0, 0.05) is 11.8 Å². The number of hydrogen-bond acceptors (Lipinski definition) is 0. The van der Waals surface area contributed by atoms with Crippen LogP contribution in [0.5, 0.6) is 0 Å². The summed E-state index contributed by atoms with van der Waals surface area (Å²) >= 11 is 5.31. The first-order valence-electron chi connectivity index (χ1n) is 1.83. The quantitative estimate of drug-likeness (QED) is 0.348. The van der Waals surface area contributed by atoms with Crippen LogP contribution >= 0.6 is 11.6 Å². The maximum atomic E-state index is 5.31. The summed E-state index contributed by atoms with van der Waals surface area (Å²) in [5.41, 5.74) is 0. The lowest BCUT2D eigenvalue weighted by molar-refractivity contribution is 0.877. The summed E-state index contributed by atoms with van der Waals surface area (Å²) in [4.78, 5) is 0. The molecule has 34 valence electrons. The van der Waals surface area contributed by atoms with Crippen LogP contribution in [0.25, 0.3) is 0 Å². The van der Waals surface area contributed by atoms with Crippen molar-refractivity contribution in [3.05, 3.63) is 0 Å². The predicted molar refractivity (Wildman–Crippen MR) is 28.7 cm³/mol. The Balaban J connectivity index is 3.04. The van der Waals surface area contributed by atoms with E-state index in [4.69, 9.17) is 18.0 Å². The van der Waals surface area contributed by atoms with Gasteiger partial charge in [0.2, 0.25) is 0 Å². The molecular weight excluding hydrogens is 95.5 g/mol. The van der Waals surface area contributed by atoms with E-state index in [-0.39, 0.29) is 5.92 Å². The Labute approximate surface area is 43.5 Å². The first-order chi connectivity index (χ1) is 2.81. The first-order valence-corrected chi connectivity index (χ1v) is 2.36. The Kier molecular flexibility index (Phi) is 2.98. The SMILES string of the molecule is C#CC(C)CCl. The highest BCUT2D eigenvalue weighted by Crippen LogP contribution is 1.91. The molecule has 0 aliphatic heterocycles. The van der Waals surface area contributed by atoms with Crippen LogP contribution in [0.3, 0.4) is 0 Å². The monoisotopic (exact) mass is 102 g/mol. The van der Waals surface area contributed by atoms with Gasteiger partial charge in [0.1, 0.15) is 0 Å². The van der Waals surface area contributed by atoms with Gasteiger partial charge in [-0.3, -0.25) is 0 Å². The number of terminal acetylenes is 1. The molecule has 0 saturated carbocycles. The van der Waals surface area contributed by atoms with Crippen LogP contribution < -0.4 is 0 Å².